The summed E-state index contributed by atoms with van der Waals surface area (Å²) in [6, 6.07) is 60.4. The van der Waals surface area contributed by atoms with Crippen LogP contribution in [-0.2, 0) is 0 Å². The van der Waals surface area contributed by atoms with Gasteiger partial charge in [0, 0.05) is 32.8 Å². The van der Waals surface area contributed by atoms with Crippen molar-refractivity contribution in [3.63, 3.8) is 0 Å². The second-order valence-electron chi connectivity index (χ2n) is 13.3. The van der Waals surface area contributed by atoms with E-state index in [1.807, 2.05) is 30.3 Å². The van der Waals surface area contributed by atoms with Crippen LogP contribution in [0.25, 0.3) is 82.5 Å². The summed E-state index contributed by atoms with van der Waals surface area (Å²) in [5.74, 6) is 0.834. The van der Waals surface area contributed by atoms with E-state index >= 15 is 0 Å². The lowest BCUT2D eigenvalue weighted by Gasteiger charge is -2.15. The smallest absolute Gasteiger partial charge is 0.196 e. The average molecular weight is 655 g/mol. The van der Waals surface area contributed by atoms with E-state index in [1.54, 1.807) is 0 Å². The Morgan fingerprint density at radius 1 is 0.490 bits per heavy atom. The van der Waals surface area contributed by atoms with Gasteiger partial charge in [-0.15, -0.1) is 0 Å². The van der Waals surface area contributed by atoms with Crippen LogP contribution >= 0.6 is 0 Å². The van der Waals surface area contributed by atoms with Crippen molar-refractivity contribution in [2.45, 2.75) is 6.23 Å². The van der Waals surface area contributed by atoms with E-state index in [1.165, 1.54) is 54.8 Å². The Morgan fingerprint density at radius 2 is 1.20 bits per heavy atom. The fourth-order valence-electron chi connectivity index (χ4n) is 8.08. The minimum Gasteiger partial charge on any atom is -0.464 e. The number of anilines is 1. The Kier molecular flexibility index (Phi) is 5.98. The van der Waals surface area contributed by atoms with Crippen molar-refractivity contribution in [2.24, 2.45) is 0 Å². The third-order valence-electron chi connectivity index (χ3n) is 10.4. The molecule has 51 heavy (non-hydrogen) atoms. The number of para-hydroxylation sites is 1. The van der Waals surface area contributed by atoms with E-state index in [9.17, 15) is 0 Å². The molecule has 1 unspecified atom stereocenters. The molecule has 11 rings (SSSR count). The molecule has 0 fully saturated rings. The molecular formula is C47H30N2O2. The molecule has 240 valence electrons. The molecule has 0 saturated carbocycles. The molecule has 1 N–H and O–H groups in total. The molecule has 1 aliphatic heterocycles. The van der Waals surface area contributed by atoms with Crippen LogP contribution in [0.3, 0.4) is 0 Å². The summed E-state index contributed by atoms with van der Waals surface area (Å²) in [5.41, 5.74) is 12.1. The quantitative estimate of drug-likeness (QED) is 0.205. The summed E-state index contributed by atoms with van der Waals surface area (Å²) in [5, 5.41) is 10.7. The maximum atomic E-state index is 6.50. The van der Waals surface area contributed by atoms with Crippen molar-refractivity contribution >= 4 is 60.2 Å². The van der Waals surface area contributed by atoms with Gasteiger partial charge in [0.1, 0.15) is 16.9 Å². The van der Waals surface area contributed by atoms with Crippen LogP contribution in [0.4, 0.5) is 5.69 Å². The molecule has 0 spiro atoms. The summed E-state index contributed by atoms with van der Waals surface area (Å²) in [4.78, 5) is 0. The number of hydrogen-bond donors (Lipinski definition) is 1. The molecular weight excluding hydrogens is 625 g/mol. The van der Waals surface area contributed by atoms with E-state index in [0.29, 0.717) is 0 Å². The fourth-order valence-corrected chi connectivity index (χ4v) is 8.08. The number of hydrogen-bond acceptors (Lipinski definition) is 3. The first-order valence-corrected chi connectivity index (χ1v) is 17.4. The predicted molar refractivity (Wildman–Crippen MR) is 210 cm³/mol. The first-order valence-electron chi connectivity index (χ1n) is 17.4. The second kappa shape index (κ2) is 10.9. The van der Waals surface area contributed by atoms with Crippen LogP contribution in [0.5, 0.6) is 5.75 Å². The molecule has 0 saturated heterocycles. The van der Waals surface area contributed by atoms with Gasteiger partial charge in [-0.3, -0.25) is 0 Å². The lowest BCUT2D eigenvalue weighted by atomic mass is 9.94. The van der Waals surface area contributed by atoms with Gasteiger partial charge in [-0.25, -0.2) is 0 Å². The molecule has 10 aromatic rings. The van der Waals surface area contributed by atoms with Gasteiger partial charge in [-0.1, -0.05) is 121 Å². The lowest BCUT2D eigenvalue weighted by Crippen LogP contribution is -2.10. The molecule has 0 radical (unpaired) electrons. The van der Waals surface area contributed by atoms with Crippen LogP contribution in [0, 0.1) is 0 Å². The summed E-state index contributed by atoms with van der Waals surface area (Å²) < 4.78 is 15.1. The van der Waals surface area contributed by atoms with E-state index in [4.69, 9.17) is 9.15 Å². The second-order valence-corrected chi connectivity index (χ2v) is 13.3. The van der Waals surface area contributed by atoms with Gasteiger partial charge in [-0.2, -0.15) is 0 Å². The lowest BCUT2D eigenvalue weighted by molar-refractivity contribution is 0.260. The Bertz CT molecular complexity index is 2960. The van der Waals surface area contributed by atoms with E-state index in [2.05, 4.69) is 149 Å². The molecule has 1 aliphatic rings. The van der Waals surface area contributed by atoms with Crippen molar-refractivity contribution in [1.82, 2.24) is 4.57 Å². The normalized spacial score (nSPS) is 14.0. The maximum Gasteiger partial charge on any atom is 0.196 e. The Morgan fingerprint density at radius 3 is 2.00 bits per heavy atom. The number of nitrogens with zero attached hydrogens (tertiary/aromatic N) is 1. The minimum atomic E-state index is -0.311. The SMILES string of the molecule is c1ccc(-c2ccc3c(c2)c2cc(-c4ccccc4)c4ccccc4c2n3-c2ccc(C3Nc4c(ccc5oc6ccccc6c45)O3)cc2)cc1. The molecule has 4 nitrogen and oxygen atoms in total. The standard InChI is InChI=1S/C47H30N2O2/c1-3-11-29(12-4-1)32-21-24-40-38(27-32)39-28-37(30-13-5-2-6-14-30)34-15-7-8-16-35(34)46(39)49(40)33-22-19-31(20-23-33)47-48-45-43(51-47)26-25-42-44(45)36-17-9-10-18-41(36)50-42/h1-28,47-48H. The topological polar surface area (TPSA) is 39.3 Å². The summed E-state index contributed by atoms with van der Waals surface area (Å²) in [6.07, 6.45) is -0.311. The number of rotatable bonds is 4. The molecule has 1 atom stereocenters. The molecule has 0 amide bonds. The van der Waals surface area contributed by atoms with E-state index in [-0.39, 0.29) is 6.23 Å². The maximum absolute atomic E-state index is 6.50. The predicted octanol–water partition coefficient (Wildman–Crippen LogP) is 12.7. The third kappa shape index (κ3) is 4.26. The van der Waals surface area contributed by atoms with Crippen molar-refractivity contribution in [1.29, 1.82) is 0 Å². The number of ether oxygens (including phenoxy) is 1. The van der Waals surface area contributed by atoms with Crippen molar-refractivity contribution < 1.29 is 9.15 Å². The van der Waals surface area contributed by atoms with Gasteiger partial charge in [0.2, 0.25) is 0 Å². The summed E-state index contributed by atoms with van der Waals surface area (Å²) in [7, 11) is 0. The summed E-state index contributed by atoms with van der Waals surface area (Å²) >= 11 is 0. The van der Waals surface area contributed by atoms with Crippen LogP contribution in [0.15, 0.2) is 174 Å². The molecule has 3 heterocycles. The number of nitrogens with one attached hydrogen (secondary N) is 1. The Hall–Kier alpha value is -6.78. The van der Waals surface area contributed by atoms with Crippen molar-refractivity contribution in [3.8, 4) is 33.7 Å². The van der Waals surface area contributed by atoms with Crippen LogP contribution in [-0.4, -0.2) is 4.57 Å². The molecule has 4 heteroatoms. The zero-order valence-corrected chi connectivity index (χ0v) is 27.5. The molecule has 2 aromatic heterocycles. The molecule has 0 bridgehead atoms. The van der Waals surface area contributed by atoms with Crippen molar-refractivity contribution in [2.75, 3.05) is 5.32 Å². The fraction of sp³-hybridized carbons (Fsp3) is 0.0213. The highest BCUT2D eigenvalue weighted by molar-refractivity contribution is 6.22. The Labute approximate surface area is 293 Å². The van der Waals surface area contributed by atoms with E-state index in [0.717, 1.165) is 44.6 Å². The van der Waals surface area contributed by atoms with Gasteiger partial charge in [-0.05, 0) is 76.2 Å². The number of benzene rings is 8. The largest absolute Gasteiger partial charge is 0.464 e. The first-order chi connectivity index (χ1) is 25.3. The highest BCUT2D eigenvalue weighted by Crippen LogP contribution is 2.47. The monoisotopic (exact) mass is 654 g/mol. The number of furan rings is 1. The zero-order valence-electron chi connectivity index (χ0n) is 27.5. The van der Waals surface area contributed by atoms with Crippen LogP contribution in [0.2, 0.25) is 0 Å². The number of fused-ring (bicyclic) bond motifs is 10. The van der Waals surface area contributed by atoms with E-state index < -0.39 is 0 Å². The zero-order chi connectivity index (χ0) is 33.5. The number of aromatic nitrogens is 1. The first kappa shape index (κ1) is 28.1. The van der Waals surface area contributed by atoms with Gasteiger partial charge in [0.25, 0.3) is 0 Å². The third-order valence-corrected chi connectivity index (χ3v) is 10.4. The summed E-state index contributed by atoms with van der Waals surface area (Å²) in [6.45, 7) is 0. The van der Waals surface area contributed by atoms with Gasteiger partial charge < -0.3 is 19.0 Å². The average Bonchev–Trinajstić information content (AvgIpc) is 3.90. The van der Waals surface area contributed by atoms with Gasteiger partial charge >= 0.3 is 0 Å². The van der Waals surface area contributed by atoms with Gasteiger partial charge in [0.15, 0.2) is 6.23 Å². The van der Waals surface area contributed by atoms with Gasteiger partial charge in [0.05, 0.1) is 22.1 Å². The Balaban J connectivity index is 1.08. The molecule has 8 aromatic carbocycles. The van der Waals surface area contributed by atoms with Crippen LogP contribution in [0.1, 0.15) is 11.8 Å². The highest BCUT2D eigenvalue weighted by Gasteiger charge is 2.28. The molecule has 0 aliphatic carbocycles. The van der Waals surface area contributed by atoms with Crippen LogP contribution < -0.4 is 10.1 Å². The van der Waals surface area contributed by atoms with Crippen molar-refractivity contribution in [3.05, 3.63) is 175 Å². The minimum absolute atomic E-state index is 0.311. The highest BCUT2D eigenvalue weighted by atomic mass is 16.5.